The molecule has 0 bridgehead atoms. The molecule has 25 heavy (non-hydrogen) atoms. The van der Waals surface area contributed by atoms with Crippen molar-refractivity contribution in [2.24, 2.45) is 0 Å². The number of non-ortho nitro benzene ring substituents is 1. The van der Waals surface area contributed by atoms with Crippen molar-refractivity contribution in [2.75, 3.05) is 5.32 Å². The van der Waals surface area contributed by atoms with E-state index in [1.54, 1.807) is 6.07 Å². The lowest BCUT2D eigenvalue weighted by atomic mass is 10.0. The predicted octanol–water partition coefficient (Wildman–Crippen LogP) is 4.75. The number of benzene rings is 3. The fraction of sp³-hybridized carbons (Fsp3) is 0.0500. The monoisotopic (exact) mass is 329 g/mol. The highest BCUT2D eigenvalue weighted by Gasteiger charge is 2.10. The third kappa shape index (κ3) is 3.82. The van der Waals surface area contributed by atoms with Crippen LogP contribution >= 0.6 is 0 Å². The average Bonchev–Trinajstić information content (AvgIpc) is 2.67. The van der Waals surface area contributed by atoms with Crippen molar-refractivity contribution in [3.05, 3.63) is 94.0 Å². The quantitative estimate of drug-likeness (QED) is 0.541. The van der Waals surface area contributed by atoms with E-state index in [2.05, 4.69) is 17.4 Å². The summed E-state index contributed by atoms with van der Waals surface area (Å²) < 4.78 is 0. The van der Waals surface area contributed by atoms with Crippen LogP contribution < -0.4 is 5.32 Å². The zero-order valence-corrected chi connectivity index (χ0v) is 13.3. The maximum absolute atomic E-state index is 10.8. The first kappa shape index (κ1) is 16.2. The van der Waals surface area contributed by atoms with E-state index < -0.39 is 4.92 Å². The summed E-state index contributed by atoms with van der Waals surface area (Å²) >= 11 is 0. The largest absolute Gasteiger partial charge is 0.380 e. The molecular weight excluding hydrogens is 314 g/mol. The summed E-state index contributed by atoms with van der Waals surface area (Å²) in [7, 11) is 0. The Morgan fingerprint density at radius 2 is 1.64 bits per heavy atom. The van der Waals surface area contributed by atoms with Crippen molar-refractivity contribution in [3.63, 3.8) is 0 Å². The number of nitro benzene ring substituents is 1. The van der Waals surface area contributed by atoms with Crippen molar-refractivity contribution in [2.45, 2.75) is 6.54 Å². The number of hydrogen-bond donors (Lipinski definition) is 1. The number of nitrogens with one attached hydrogen (secondary N) is 1. The van der Waals surface area contributed by atoms with Gasteiger partial charge < -0.3 is 5.32 Å². The van der Waals surface area contributed by atoms with Gasteiger partial charge in [-0.2, -0.15) is 5.26 Å². The Kier molecular flexibility index (Phi) is 4.72. The Hall–Kier alpha value is -3.65. The van der Waals surface area contributed by atoms with E-state index in [9.17, 15) is 15.4 Å². The lowest BCUT2D eigenvalue weighted by Crippen LogP contribution is -2.02. The van der Waals surface area contributed by atoms with Crippen LogP contribution in [-0.4, -0.2) is 4.92 Å². The molecule has 5 nitrogen and oxygen atoms in total. The van der Waals surface area contributed by atoms with E-state index in [4.69, 9.17) is 0 Å². The Bertz CT molecular complexity index is 929. The van der Waals surface area contributed by atoms with Crippen molar-refractivity contribution in [3.8, 4) is 17.2 Å². The van der Waals surface area contributed by atoms with Gasteiger partial charge in [0, 0.05) is 18.7 Å². The molecule has 0 saturated carbocycles. The zero-order chi connectivity index (χ0) is 17.6. The van der Waals surface area contributed by atoms with E-state index in [-0.39, 0.29) is 11.3 Å². The van der Waals surface area contributed by atoms with Crippen molar-refractivity contribution in [1.29, 1.82) is 5.26 Å². The van der Waals surface area contributed by atoms with E-state index in [1.165, 1.54) is 12.1 Å². The predicted molar refractivity (Wildman–Crippen MR) is 97.0 cm³/mol. The minimum absolute atomic E-state index is 0.0886. The number of rotatable bonds is 5. The van der Waals surface area contributed by atoms with Gasteiger partial charge in [-0.05, 0) is 22.8 Å². The Morgan fingerprint density at radius 1 is 0.960 bits per heavy atom. The molecule has 0 aliphatic rings. The lowest BCUT2D eigenvalue weighted by molar-refractivity contribution is -0.384. The zero-order valence-electron chi connectivity index (χ0n) is 13.3. The molecule has 0 aliphatic heterocycles. The van der Waals surface area contributed by atoms with Crippen LogP contribution in [0.15, 0.2) is 72.8 Å². The summed E-state index contributed by atoms with van der Waals surface area (Å²) in [5, 5.41) is 23.1. The number of nitriles is 1. The second-order valence-corrected chi connectivity index (χ2v) is 5.52. The number of nitro groups is 1. The van der Waals surface area contributed by atoms with Crippen LogP contribution in [0, 0.1) is 21.4 Å². The van der Waals surface area contributed by atoms with Gasteiger partial charge in [-0.25, -0.2) is 0 Å². The highest BCUT2D eigenvalue weighted by atomic mass is 16.6. The molecule has 0 aromatic heterocycles. The van der Waals surface area contributed by atoms with E-state index in [0.29, 0.717) is 12.2 Å². The maximum atomic E-state index is 10.8. The van der Waals surface area contributed by atoms with Crippen molar-refractivity contribution >= 4 is 11.4 Å². The van der Waals surface area contributed by atoms with Gasteiger partial charge in [0.1, 0.15) is 6.07 Å². The van der Waals surface area contributed by atoms with E-state index in [1.807, 2.05) is 48.5 Å². The molecule has 5 heteroatoms. The summed E-state index contributed by atoms with van der Waals surface area (Å²) in [5.74, 6) is 0. The average molecular weight is 329 g/mol. The van der Waals surface area contributed by atoms with Crippen LogP contribution in [0.3, 0.4) is 0 Å². The fourth-order valence-corrected chi connectivity index (χ4v) is 2.54. The molecule has 0 saturated heterocycles. The summed E-state index contributed by atoms with van der Waals surface area (Å²) in [6, 6.07) is 24.5. The molecule has 0 heterocycles. The number of anilines is 1. The molecule has 3 rings (SSSR count). The standard InChI is InChI=1S/C20H15N3O2/c21-13-18-12-19(23(24)25)10-11-20(18)22-14-15-6-8-17(9-7-15)16-4-2-1-3-5-16/h1-12,22H,14H2. The first-order chi connectivity index (χ1) is 12.2. The number of hydrogen-bond acceptors (Lipinski definition) is 4. The van der Waals surface area contributed by atoms with Crippen LogP contribution in [0.4, 0.5) is 11.4 Å². The molecule has 0 atom stereocenters. The molecule has 0 radical (unpaired) electrons. The second-order valence-electron chi connectivity index (χ2n) is 5.52. The Labute approximate surface area is 145 Å². The van der Waals surface area contributed by atoms with Gasteiger partial charge >= 0.3 is 0 Å². The second kappa shape index (κ2) is 7.28. The summed E-state index contributed by atoms with van der Waals surface area (Å²) in [5.41, 5.74) is 4.10. The molecular formula is C20H15N3O2. The molecule has 0 aliphatic carbocycles. The molecule has 122 valence electrons. The van der Waals surface area contributed by atoms with Crippen molar-refractivity contribution < 1.29 is 4.92 Å². The molecule has 1 N–H and O–H groups in total. The van der Waals surface area contributed by atoms with Crippen LogP contribution in [0.2, 0.25) is 0 Å². The maximum Gasteiger partial charge on any atom is 0.270 e. The van der Waals surface area contributed by atoms with Crippen LogP contribution in [0.1, 0.15) is 11.1 Å². The molecule has 3 aromatic carbocycles. The van der Waals surface area contributed by atoms with Crippen LogP contribution in [-0.2, 0) is 6.54 Å². The summed E-state index contributed by atoms with van der Waals surface area (Å²) in [6.45, 7) is 0.529. The summed E-state index contributed by atoms with van der Waals surface area (Å²) in [6.07, 6.45) is 0. The Morgan fingerprint density at radius 3 is 2.28 bits per heavy atom. The van der Waals surface area contributed by atoms with E-state index >= 15 is 0 Å². The third-order valence-electron chi connectivity index (χ3n) is 3.88. The van der Waals surface area contributed by atoms with E-state index in [0.717, 1.165) is 16.7 Å². The molecule has 0 amide bonds. The first-order valence-corrected chi connectivity index (χ1v) is 7.74. The van der Waals surface area contributed by atoms with Gasteiger partial charge in [0.05, 0.1) is 16.2 Å². The topological polar surface area (TPSA) is 79.0 Å². The number of nitrogens with zero attached hydrogens (tertiary/aromatic N) is 2. The van der Waals surface area contributed by atoms with Gasteiger partial charge in [0.25, 0.3) is 5.69 Å². The van der Waals surface area contributed by atoms with Crippen LogP contribution in [0.5, 0.6) is 0 Å². The normalized spacial score (nSPS) is 10.0. The van der Waals surface area contributed by atoms with Gasteiger partial charge in [-0.3, -0.25) is 10.1 Å². The highest BCUT2D eigenvalue weighted by molar-refractivity contribution is 5.64. The SMILES string of the molecule is N#Cc1cc([N+](=O)[O-])ccc1NCc1ccc(-c2ccccc2)cc1. The lowest BCUT2D eigenvalue weighted by Gasteiger charge is -2.09. The molecule has 0 unspecified atom stereocenters. The smallest absolute Gasteiger partial charge is 0.270 e. The van der Waals surface area contributed by atoms with Gasteiger partial charge in [-0.1, -0.05) is 54.6 Å². The minimum atomic E-state index is -0.507. The Balaban J connectivity index is 1.72. The van der Waals surface area contributed by atoms with Gasteiger partial charge in [-0.15, -0.1) is 0 Å². The third-order valence-corrected chi connectivity index (χ3v) is 3.88. The van der Waals surface area contributed by atoms with Gasteiger partial charge in [0.2, 0.25) is 0 Å². The fourth-order valence-electron chi connectivity index (χ4n) is 2.54. The van der Waals surface area contributed by atoms with Crippen molar-refractivity contribution in [1.82, 2.24) is 0 Å². The molecule has 3 aromatic rings. The minimum Gasteiger partial charge on any atom is -0.380 e. The van der Waals surface area contributed by atoms with Gasteiger partial charge in [0.15, 0.2) is 0 Å². The summed E-state index contributed by atoms with van der Waals surface area (Å²) in [4.78, 5) is 10.3. The molecule has 0 spiro atoms. The molecule has 0 fully saturated rings. The van der Waals surface area contributed by atoms with Crippen LogP contribution in [0.25, 0.3) is 11.1 Å². The first-order valence-electron chi connectivity index (χ1n) is 7.74. The highest BCUT2D eigenvalue weighted by Crippen LogP contribution is 2.23.